The summed E-state index contributed by atoms with van der Waals surface area (Å²) in [6.45, 7) is 4.46. The first-order valence-corrected chi connectivity index (χ1v) is 7.27. The van der Waals surface area contributed by atoms with E-state index in [0.29, 0.717) is 31.2 Å². The maximum absolute atomic E-state index is 6.00. The number of nitrogens with one attached hydrogen (secondary N) is 1. The van der Waals surface area contributed by atoms with Gasteiger partial charge in [0.05, 0.1) is 13.2 Å². The van der Waals surface area contributed by atoms with Crippen LogP contribution in [0.1, 0.15) is 12.8 Å². The van der Waals surface area contributed by atoms with Gasteiger partial charge in [0.15, 0.2) is 0 Å². The molecule has 1 N–H and O–H groups in total. The molecular weight excluding hydrogens is 282 g/mol. The molecule has 8 heteroatoms. The van der Waals surface area contributed by atoms with E-state index in [2.05, 4.69) is 25.2 Å². The molecule has 2 aliphatic heterocycles. The Bertz CT molecular complexity index is 449. The number of hydrogen-bond donors (Lipinski definition) is 1. The number of rotatable bonds is 3. The summed E-state index contributed by atoms with van der Waals surface area (Å²) in [7, 11) is 0. The standard InChI is InChI=1S/C12H18ClN5O2/c13-10-15-11(14-9-1-5-19-6-2-9)17-12(16-10)18-3-7-20-8-4-18/h9H,1-8H2,(H,14,15,16,17). The van der Waals surface area contributed by atoms with Crippen molar-refractivity contribution < 1.29 is 9.47 Å². The molecule has 2 saturated heterocycles. The smallest absolute Gasteiger partial charge is 0.231 e. The predicted octanol–water partition coefficient (Wildman–Crippen LogP) is 0.952. The average molecular weight is 300 g/mol. The van der Waals surface area contributed by atoms with Crippen molar-refractivity contribution in [2.45, 2.75) is 18.9 Å². The lowest BCUT2D eigenvalue weighted by molar-refractivity contribution is 0.0903. The number of anilines is 2. The van der Waals surface area contributed by atoms with Gasteiger partial charge in [-0.1, -0.05) is 0 Å². The van der Waals surface area contributed by atoms with Crippen LogP contribution in [0.5, 0.6) is 0 Å². The van der Waals surface area contributed by atoms with Crippen LogP contribution in [0.2, 0.25) is 5.28 Å². The minimum absolute atomic E-state index is 0.219. The number of halogens is 1. The summed E-state index contributed by atoms with van der Waals surface area (Å²) >= 11 is 6.00. The molecule has 1 aromatic rings. The lowest BCUT2D eigenvalue weighted by Crippen LogP contribution is -2.37. The van der Waals surface area contributed by atoms with Crippen molar-refractivity contribution in [2.24, 2.45) is 0 Å². The Morgan fingerprint density at radius 2 is 1.70 bits per heavy atom. The second-order valence-corrected chi connectivity index (χ2v) is 5.20. The topological polar surface area (TPSA) is 72.4 Å². The zero-order valence-electron chi connectivity index (χ0n) is 11.2. The Hall–Kier alpha value is -1.18. The molecule has 0 aliphatic carbocycles. The summed E-state index contributed by atoms with van der Waals surface area (Å²) in [5.41, 5.74) is 0. The van der Waals surface area contributed by atoms with Crippen molar-refractivity contribution in [3.8, 4) is 0 Å². The number of morpholine rings is 1. The molecular formula is C12H18ClN5O2. The molecule has 2 aliphatic rings. The monoisotopic (exact) mass is 299 g/mol. The van der Waals surface area contributed by atoms with Gasteiger partial charge in [0.25, 0.3) is 0 Å². The first-order valence-electron chi connectivity index (χ1n) is 6.90. The lowest BCUT2D eigenvalue weighted by atomic mass is 10.1. The lowest BCUT2D eigenvalue weighted by Gasteiger charge is -2.27. The summed E-state index contributed by atoms with van der Waals surface area (Å²) in [6, 6.07) is 0.333. The Labute approximate surface area is 122 Å². The summed E-state index contributed by atoms with van der Waals surface area (Å²) < 4.78 is 10.7. The summed E-state index contributed by atoms with van der Waals surface area (Å²) in [6.07, 6.45) is 1.91. The molecule has 0 bridgehead atoms. The van der Waals surface area contributed by atoms with Gasteiger partial charge in [0, 0.05) is 32.3 Å². The molecule has 7 nitrogen and oxygen atoms in total. The molecule has 0 atom stereocenters. The van der Waals surface area contributed by atoms with Crippen molar-refractivity contribution >= 4 is 23.5 Å². The molecule has 110 valence electrons. The normalized spacial score (nSPS) is 20.9. The van der Waals surface area contributed by atoms with Crippen molar-refractivity contribution in [1.82, 2.24) is 15.0 Å². The van der Waals surface area contributed by atoms with Crippen LogP contribution in [-0.2, 0) is 9.47 Å². The van der Waals surface area contributed by atoms with Crippen LogP contribution >= 0.6 is 11.6 Å². The van der Waals surface area contributed by atoms with Gasteiger partial charge < -0.3 is 19.7 Å². The first kappa shape index (κ1) is 13.8. The summed E-state index contributed by atoms with van der Waals surface area (Å²) in [4.78, 5) is 14.9. The van der Waals surface area contributed by atoms with Crippen molar-refractivity contribution in [1.29, 1.82) is 0 Å². The van der Waals surface area contributed by atoms with Crippen LogP contribution in [0.25, 0.3) is 0 Å². The average Bonchev–Trinajstić information content (AvgIpc) is 2.49. The van der Waals surface area contributed by atoms with Gasteiger partial charge in [0.1, 0.15) is 0 Å². The fourth-order valence-electron chi connectivity index (χ4n) is 2.33. The fraction of sp³-hybridized carbons (Fsp3) is 0.750. The van der Waals surface area contributed by atoms with Crippen LogP contribution in [0.4, 0.5) is 11.9 Å². The van der Waals surface area contributed by atoms with Gasteiger partial charge in [-0.05, 0) is 24.4 Å². The number of hydrogen-bond acceptors (Lipinski definition) is 7. The van der Waals surface area contributed by atoms with E-state index in [9.17, 15) is 0 Å². The molecule has 0 amide bonds. The molecule has 3 heterocycles. The quantitative estimate of drug-likeness (QED) is 0.891. The van der Waals surface area contributed by atoms with Crippen LogP contribution in [0.3, 0.4) is 0 Å². The maximum Gasteiger partial charge on any atom is 0.231 e. The molecule has 2 fully saturated rings. The third kappa shape index (κ3) is 3.47. The number of ether oxygens (including phenoxy) is 2. The highest BCUT2D eigenvalue weighted by atomic mass is 35.5. The molecule has 1 aromatic heterocycles. The Morgan fingerprint density at radius 1 is 1.00 bits per heavy atom. The molecule has 0 spiro atoms. The van der Waals surface area contributed by atoms with Gasteiger partial charge in [-0.3, -0.25) is 0 Å². The van der Waals surface area contributed by atoms with Crippen LogP contribution < -0.4 is 10.2 Å². The highest BCUT2D eigenvalue weighted by Crippen LogP contribution is 2.17. The van der Waals surface area contributed by atoms with Gasteiger partial charge in [0.2, 0.25) is 17.2 Å². The van der Waals surface area contributed by atoms with Crippen molar-refractivity contribution in [3.63, 3.8) is 0 Å². The van der Waals surface area contributed by atoms with E-state index < -0.39 is 0 Å². The second kappa shape index (κ2) is 6.51. The van der Waals surface area contributed by atoms with Gasteiger partial charge >= 0.3 is 0 Å². The second-order valence-electron chi connectivity index (χ2n) is 4.86. The Balaban J connectivity index is 1.71. The van der Waals surface area contributed by atoms with Crippen LogP contribution in [-0.4, -0.2) is 60.5 Å². The van der Waals surface area contributed by atoms with Crippen molar-refractivity contribution in [3.05, 3.63) is 5.28 Å². The predicted molar refractivity (Wildman–Crippen MR) is 75.3 cm³/mol. The third-order valence-corrected chi connectivity index (χ3v) is 3.61. The highest BCUT2D eigenvalue weighted by molar-refractivity contribution is 6.28. The van der Waals surface area contributed by atoms with Crippen LogP contribution in [0, 0.1) is 0 Å². The zero-order chi connectivity index (χ0) is 13.8. The summed E-state index contributed by atoms with van der Waals surface area (Å²) in [5.74, 6) is 1.15. The largest absolute Gasteiger partial charge is 0.381 e. The maximum atomic E-state index is 6.00. The first-order chi connectivity index (χ1) is 9.81. The minimum Gasteiger partial charge on any atom is -0.381 e. The van der Waals surface area contributed by atoms with E-state index in [1.807, 2.05) is 0 Å². The Kier molecular flexibility index (Phi) is 4.49. The van der Waals surface area contributed by atoms with E-state index in [0.717, 1.165) is 39.1 Å². The van der Waals surface area contributed by atoms with Gasteiger partial charge in [-0.15, -0.1) is 0 Å². The highest BCUT2D eigenvalue weighted by Gasteiger charge is 2.18. The third-order valence-electron chi connectivity index (χ3n) is 3.44. The van der Waals surface area contributed by atoms with Gasteiger partial charge in [-0.25, -0.2) is 0 Å². The SMILES string of the molecule is Clc1nc(NC2CCOCC2)nc(N2CCOCC2)n1. The van der Waals surface area contributed by atoms with Gasteiger partial charge in [-0.2, -0.15) is 15.0 Å². The summed E-state index contributed by atoms with van der Waals surface area (Å²) in [5, 5.41) is 3.54. The number of nitrogens with zero attached hydrogens (tertiary/aromatic N) is 4. The fourth-order valence-corrected chi connectivity index (χ4v) is 2.49. The number of aromatic nitrogens is 3. The van der Waals surface area contributed by atoms with E-state index in [4.69, 9.17) is 21.1 Å². The van der Waals surface area contributed by atoms with E-state index in [1.165, 1.54) is 0 Å². The minimum atomic E-state index is 0.219. The van der Waals surface area contributed by atoms with Crippen molar-refractivity contribution in [2.75, 3.05) is 49.7 Å². The molecule has 0 saturated carbocycles. The molecule has 0 aromatic carbocycles. The van der Waals surface area contributed by atoms with E-state index in [1.54, 1.807) is 0 Å². The van der Waals surface area contributed by atoms with Crippen LogP contribution in [0.15, 0.2) is 0 Å². The molecule has 3 rings (SSSR count). The molecule has 0 unspecified atom stereocenters. The van der Waals surface area contributed by atoms with E-state index >= 15 is 0 Å². The zero-order valence-corrected chi connectivity index (χ0v) is 12.0. The molecule has 0 radical (unpaired) electrons. The Morgan fingerprint density at radius 3 is 2.45 bits per heavy atom. The molecule has 20 heavy (non-hydrogen) atoms. The van der Waals surface area contributed by atoms with E-state index in [-0.39, 0.29) is 5.28 Å².